The zero-order chi connectivity index (χ0) is 14.5. The van der Waals surface area contributed by atoms with E-state index in [9.17, 15) is 0 Å². The smallest absolute Gasteiger partial charge is 0.256 e. The minimum Gasteiger partial charge on any atom is -0.259 e. The predicted octanol–water partition coefficient (Wildman–Crippen LogP) is 2.28. The number of rotatable bonds is 5. The van der Waals surface area contributed by atoms with E-state index >= 15 is 0 Å². The van der Waals surface area contributed by atoms with Gasteiger partial charge in [-0.05, 0) is 26.3 Å². The van der Waals surface area contributed by atoms with Gasteiger partial charge in [0, 0.05) is 23.6 Å². The first-order valence-electron chi connectivity index (χ1n) is 6.24. The summed E-state index contributed by atoms with van der Waals surface area (Å²) in [5.41, 5.74) is 1.92. The molecule has 0 unspecified atom stereocenters. The van der Waals surface area contributed by atoms with Gasteiger partial charge in [0.1, 0.15) is 0 Å². The topological polar surface area (TPSA) is 90.7 Å². The van der Waals surface area contributed by atoms with Crippen LogP contribution in [-0.4, -0.2) is 25.3 Å². The Kier molecular flexibility index (Phi) is 4.54. The molecule has 2 rings (SSSR count). The van der Waals surface area contributed by atoms with Gasteiger partial charge in [-0.2, -0.15) is 10.5 Å². The average Bonchev–Trinajstić information content (AvgIpc) is 2.82. The van der Waals surface area contributed by atoms with Crippen LogP contribution in [-0.2, 0) is 0 Å². The van der Waals surface area contributed by atoms with Crippen molar-refractivity contribution in [3.63, 3.8) is 0 Å². The number of nitrogens with zero attached hydrogens (tertiary/aromatic N) is 6. The van der Waals surface area contributed by atoms with Gasteiger partial charge in [0.2, 0.25) is 0 Å². The number of nitriles is 2. The van der Waals surface area contributed by atoms with Crippen LogP contribution in [0.3, 0.4) is 0 Å². The Balaban J connectivity index is 2.15. The summed E-state index contributed by atoms with van der Waals surface area (Å²) >= 11 is 1.48. The summed E-state index contributed by atoms with van der Waals surface area (Å²) < 4.78 is 1.89. The maximum atomic E-state index is 9.06. The normalized spacial score (nSPS) is 12.0. The molecule has 102 valence electrons. The molecule has 6 nitrogen and oxygen atoms in total. The molecule has 0 aliphatic rings. The van der Waals surface area contributed by atoms with Gasteiger partial charge < -0.3 is 0 Å². The molecule has 1 atom stereocenters. The summed E-state index contributed by atoms with van der Waals surface area (Å²) in [7, 11) is 0. The molecule has 2 aromatic heterocycles. The van der Waals surface area contributed by atoms with Crippen molar-refractivity contribution in [2.45, 2.75) is 31.8 Å². The van der Waals surface area contributed by atoms with Crippen molar-refractivity contribution in [2.75, 3.05) is 5.75 Å². The third-order valence-corrected chi connectivity index (χ3v) is 3.96. The molecule has 0 spiro atoms. The highest BCUT2D eigenvalue weighted by atomic mass is 32.2. The molecule has 0 aliphatic carbocycles. The summed E-state index contributed by atoms with van der Waals surface area (Å²) in [6, 6.07) is 6.26. The molecular formula is C13H14N6S. The van der Waals surface area contributed by atoms with Crippen LogP contribution in [0.5, 0.6) is 0 Å². The predicted molar refractivity (Wildman–Crippen MR) is 74.9 cm³/mol. The second-order valence-electron chi connectivity index (χ2n) is 4.49. The van der Waals surface area contributed by atoms with Gasteiger partial charge in [0.25, 0.3) is 5.78 Å². The molecule has 0 saturated carbocycles. The van der Waals surface area contributed by atoms with E-state index in [-0.39, 0.29) is 5.92 Å². The lowest BCUT2D eigenvalue weighted by molar-refractivity contribution is 0.683. The molecule has 7 heteroatoms. The summed E-state index contributed by atoms with van der Waals surface area (Å²) in [6.45, 7) is 3.90. The Labute approximate surface area is 121 Å². The summed E-state index contributed by atoms with van der Waals surface area (Å²) in [5, 5.41) is 26.5. The van der Waals surface area contributed by atoms with Gasteiger partial charge in [-0.25, -0.2) is 4.98 Å². The van der Waals surface area contributed by atoms with Gasteiger partial charge >= 0.3 is 0 Å². The number of thioether (sulfide) groups is 1. The van der Waals surface area contributed by atoms with Crippen LogP contribution in [0.15, 0.2) is 11.2 Å². The summed E-state index contributed by atoms with van der Waals surface area (Å²) in [4.78, 5) is 4.32. The third-order valence-electron chi connectivity index (χ3n) is 2.86. The van der Waals surface area contributed by atoms with E-state index in [0.29, 0.717) is 24.4 Å². The Bertz CT molecular complexity index is 693. The van der Waals surface area contributed by atoms with Gasteiger partial charge in [-0.3, -0.25) is 4.40 Å². The van der Waals surface area contributed by atoms with E-state index in [1.165, 1.54) is 11.8 Å². The highest BCUT2D eigenvalue weighted by Gasteiger charge is 2.13. The minimum absolute atomic E-state index is 0.147. The van der Waals surface area contributed by atoms with Crippen LogP contribution in [0.4, 0.5) is 0 Å². The molecule has 0 N–H and O–H groups in total. The van der Waals surface area contributed by atoms with E-state index in [4.69, 9.17) is 10.5 Å². The van der Waals surface area contributed by atoms with Crippen molar-refractivity contribution in [1.29, 1.82) is 10.5 Å². The number of aromatic nitrogens is 4. The van der Waals surface area contributed by atoms with Crippen molar-refractivity contribution in [2.24, 2.45) is 5.92 Å². The highest BCUT2D eigenvalue weighted by molar-refractivity contribution is 7.99. The molecule has 0 saturated heterocycles. The van der Waals surface area contributed by atoms with E-state index in [1.807, 2.05) is 24.3 Å². The number of hydrogen-bond donors (Lipinski definition) is 0. The monoisotopic (exact) mass is 286 g/mol. The average molecular weight is 286 g/mol. The first-order chi connectivity index (χ1) is 9.65. The molecule has 0 bridgehead atoms. The Morgan fingerprint density at radius 2 is 2.15 bits per heavy atom. The SMILES string of the molecule is Cc1cc(C)n2c(SC[C@H](C#N)CCC#N)nnc2n1. The lowest BCUT2D eigenvalue weighted by Crippen LogP contribution is -2.02. The zero-order valence-corrected chi connectivity index (χ0v) is 12.2. The fraction of sp³-hybridized carbons (Fsp3) is 0.462. The lowest BCUT2D eigenvalue weighted by Gasteiger charge is -2.06. The maximum Gasteiger partial charge on any atom is 0.256 e. The van der Waals surface area contributed by atoms with Gasteiger partial charge in [0.15, 0.2) is 5.16 Å². The maximum absolute atomic E-state index is 9.06. The first kappa shape index (κ1) is 14.3. The van der Waals surface area contributed by atoms with Crippen LogP contribution >= 0.6 is 11.8 Å². The van der Waals surface area contributed by atoms with E-state index < -0.39 is 0 Å². The fourth-order valence-corrected chi connectivity index (χ4v) is 2.94. The number of hydrogen-bond acceptors (Lipinski definition) is 6. The Hall–Kier alpha value is -2.12. The summed E-state index contributed by atoms with van der Waals surface area (Å²) in [5.74, 6) is 1.04. The Morgan fingerprint density at radius 1 is 1.35 bits per heavy atom. The highest BCUT2D eigenvalue weighted by Crippen LogP contribution is 2.22. The molecular weight excluding hydrogens is 272 g/mol. The molecule has 2 aromatic rings. The van der Waals surface area contributed by atoms with Crippen LogP contribution in [0.25, 0.3) is 5.78 Å². The largest absolute Gasteiger partial charge is 0.259 e. The van der Waals surface area contributed by atoms with Crippen molar-refractivity contribution < 1.29 is 0 Å². The molecule has 2 heterocycles. The van der Waals surface area contributed by atoms with Crippen molar-refractivity contribution in [1.82, 2.24) is 19.6 Å². The van der Waals surface area contributed by atoms with Crippen LogP contribution < -0.4 is 0 Å². The Morgan fingerprint density at radius 3 is 2.85 bits per heavy atom. The molecule has 0 aliphatic heterocycles. The molecule has 0 aromatic carbocycles. The molecule has 0 radical (unpaired) electrons. The number of fused-ring (bicyclic) bond motifs is 1. The molecule has 0 fully saturated rings. The molecule has 0 amide bonds. The first-order valence-corrected chi connectivity index (χ1v) is 7.23. The quantitative estimate of drug-likeness (QED) is 0.783. The van der Waals surface area contributed by atoms with Gasteiger partial charge in [-0.15, -0.1) is 10.2 Å². The third kappa shape index (κ3) is 3.06. The van der Waals surface area contributed by atoms with Crippen molar-refractivity contribution in [3.8, 4) is 12.1 Å². The molecule has 20 heavy (non-hydrogen) atoms. The second-order valence-corrected chi connectivity index (χ2v) is 5.48. The standard InChI is InChI=1S/C13H14N6S/c1-9-6-10(2)19-12(16-9)17-18-13(19)20-8-11(7-15)4-3-5-14/h6,11H,3-4,8H2,1-2H3/t11-/m0/s1. The van der Waals surface area contributed by atoms with E-state index in [0.717, 1.165) is 16.5 Å². The van der Waals surface area contributed by atoms with Gasteiger partial charge in [-0.1, -0.05) is 11.8 Å². The van der Waals surface area contributed by atoms with E-state index in [2.05, 4.69) is 27.3 Å². The fourth-order valence-electron chi connectivity index (χ4n) is 1.89. The minimum atomic E-state index is -0.147. The van der Waals surface area contributed by atoms with Crippen molar-refractivity contribution in [3.05, 3.63) is 17.5 Å². The van der Waals surface area contributed by atoms with Crippen molar-refractivity contribution >= 4 is 17.5 Å². The summed E-state index contributed by atoms with van der Waals surface area (Å²) in [6.07, 6.45) is 0.992. The zero-order valence-electron chi connectivity index (χ0n) is 11.4. The second kappa shape index (κ2) is 6.36. The van der Waals surface area contributed by atoms with Gasteiger partial charge in [0.05, 0.1) is 18.1 Å². The number of aryl methyl sites for hydroxylation is 2. The lowest BCUT2D eigenvalue weighted by atomic mass is 10.1. The van der Waals surface area contributed by atoms with E-state index in [1.54, 1.807) is 0 Å². The van der Waals surface area contributed by atoms with Crippen LogP contribution in [0, 0.1) is 42.4 Å². The van der Waals surface area contributed by atoms with Crippen LogP contribution in [0.1, 0.15) is 24.2 Å². The van der Waals surface area contributed by atoms with Crippen LogP contribution in [0.2, 0.25) is 0 Å².